The van der Waals surface area contributed by atoms with Gasteiger partial charge in [-0.05, 0) is 25.8 Å². The van der Waals surface area contributed by atoms with E-state index in [0.29, 0.717) is 18.6 Å². The summed E-state index contributed by atoms with van der Waals surface area (Å²) in [6.45, 7) is 7.91. The van der Waals surface area contributed by atoms with E-state index in [1.54, 1.807) is 7.11 Å². The quantitative estimate of drug-likeness (QED) is 0.626. The van der Waals surface area contributed by atoms with Gasteiger partial charge in [0.15, 0.2) is 0 Å². The number of nitrogens with one attached hydrogen (secondary N) is 1. The van der Waals surface area contributed by atoms with Crippen LogP contribution in [0.15, 0.2) is 0 Å². The zero-order chi connectivity index (χ0) is 11.0. The molecule has 3 atom stereocenters. The largest absolute Gasteiger partial charge is 0.391 e. The van der Waals surface area contributed by atoms with E-state index < -0.39 is 0 Å². The van der Waals surface area contributed by atoms with Crippen LogP contribution in [0.1, 0.15) is 33.6 Å². The van der Waals surface area contributed by atoms with Crippen LogP contribution in [0.5, 0.6) is 0 Å². The molecule has 3 nitrogen and oxygen atoms in total. The molecule has 14 heavy (non-hydrogen) atoms. The third-order valence-corrected chi connectivity index (χ3v) is 2.80. The normalized spacial score (nSPS) is 17.8. The van der Waals surface area contributed by atoms with Crippen LogP contribution >= 0.6 is 0 Å². The number of methoxy groups -OCH3 is 1. The van der Waals surface area contributed by atoms with Gasteiger partial charge in [-0.25, -0.2) is 0 Å². The molecule has 0 aromatic carbocycles. The van der Waals surface area contributed by atoms with Crippen molar-refractivity contribution in [1.82, 2.24) is 5.32 Å². The van der Waals surface area contributed by atoms with E-state index in [1.165, 1.54) is 6.42 Å². The number of hydrogen-bond acceptors (Lipinski definition) is 3. The summed E-state index contributed by atoms with van der Waals surface area (Å²) in [7, 11) is 1.61. The highest BCUT2D eigenvalue weighted by Gasteiger charge is 2.09. The second-order valence-corrected chi connectivity index (χ2v) is 4.03. The van der Waals surface area contributed by atoms with Crippen molar-refractivity contribution in [3.8, 4) is 0 Å². The van der Waals surface area contributed by atoms with Crippen LogP contribution in [0.25, 0.3) is 0 Å². The van der Waals surface area contributed by atoms with Crippen molar-refractivity contribution in [1.29, 1.82) is 0 Å². The fraction of sp³-hybridized carbons (Fsp3) is 1.00. The molecular formula is C11H25NO2. The van der Waals surface area contributed by atoms with Crippen LogP contribution < -0.4 is 5.32 Å². The molecule has 0 aliphatic heterocycles. The predicted octanol–water partition coefficient (Wildman–Crippen LogP) is 1.41. The molecule has 0 heterocycles. The first kappa shape index (κ1) is 13.9. The predicted molar refractivity (Wildman–Crippen MR) is 59.4 cm³/mol. The molecule has 0 amide bonds. The highest BCUT2D eigenvalue weighted by Crippen LogP contribution is 2.06. The lowest BCUT2D eigenvalue weighted by Gasteiger charge is -2.20. The van der Waals surface area contributed by atoms with Crippen molar-refractivity contribution in [3.63, 3.8) is 0 Å². The van der Waals surface area contributed by atoms with E-state index in [0.717, 1.165) is 13.0 Å². The summed E-state index contributed by atoms with van der Waals surface area (Å²) < 4.78 is 4.85. The monoisotopic (exact) mass is 203 g/mol. The molecule has 2 N–H and O–H groups in total. The summed E-state index contributed by atoms with van der Waals surface area (Å²) in [5, 5.41) is 12.8. The molecule has 0 aliphatic carbocycles. The minimum Gasteiger partial charge on any atom is -0.391 e. The zero-order valence-electron chi connectivity index (χ0n) is 9.92. The van der Waals surface area contributed by atoms with Crippen LogP contribution in [0, 0.1) is 5.92 Å². The number of aliphatic hydroxyl groups excluding tert-OH is 1. The Bertz CT molecular complexity index is 130. The number of aliphatic hydroxyl groups is 1. The molecule has 3 unspecified atom stereocenters. The second-order valence-electron chi connectivity index (χ2n) is 4.03. The zero-order valence-corrected chi connectivity index (χ0v) is 9.92. The van der Waals surface area contributed by atoms with Gasteiger partial charge in [-0.1, -0.05) is 20.3 Å². The van der Waals surface area contributed by atoms with Crippen LogP contribution in [-0.2, 0) is 4.74 Å². The molecule has 3 heteroatoms. The van der Waals surface area contributed by atoms with E-state index in [9.17, 15) is 5.11 Å². The number of rotatable bonds is 8. The van der Waals surface area contributed by atoms with Gasteiger partial charge in [0.05, 0.1) is 12.7 Å². The lowest BCUT2D eigenvalue weighted by molar-refractivity contribution is 0.0587. The minimum atomic E-state index is -0.336. The fourth-order valence-corrected chi connectivity index (χ4v) is 1.31. The summed E-state index contributed by atoms with van der Waals surface area (Å²) in [4.78, 5) is 0. The summed E-state index contributed by atoms with van der Waals surface area (Å²) in [6, 6.07) is 0.523. The Morgan fingerprint density at radius 3 is 2.50 bits per heavy atom. The molecule has 86 valence electrons. The smallest absolute Gasteiger partial charge is 0.0785 e. The summed E-state index contributed by atoms with van der Waals surface area (Å²) in [5.41, 5.74) is 0. The van der Waals surface area contributed by atoms with Gasteiger partial charge < -0.3 is 15.2 Å². The summed E-state index contributed by atoms with van der Waals surface area (Å²) in [5.74, 6) is 0.689. The maximum absolute atomic E-state index is 9.39. The van der Waals surface area contributed by atoms with Crippen molar-refractivity contribution in [2.75, 3.05) is 20.3 Å². The molecular weight excluding hydrogens is 178 g/mol. The first-order chi connectivity index (χ1) is 6.61. The Morgan fingerprint density at radius 1 is 1.36 bits per heavy atom. The van der Waals surface area contributed by atoms with Gasteiger partial charge >= 0.3 is 0 Å². The number of hydrogen-bond donors (Lipinski definition) is 2. The van der Waals surface area contributed by atoms with Crippen LogP contribution in [0.4, 0.5) is 0 Å². The molecule has 0 saturated carbocycles. The lowest BCUT2D eigenvalue weighted by Crippen LogP contribution is -2.34. The molecule has 0 spiro atoms. The van der Waals surface area contributed by atoms with E-state index in [-0.39, 0.29) is 6.10 Å². The second kappa shape index (κ2) is 8.21. The van der Waals surface area contributed by atoms with Gasteiger partial charge in [0.2, 0.25) is 0 Å². The Hall–Kier alpha value is -0.120. The Morgan fingerprint density at radius 2 is 2.00 bits per heavy atom. The summed E-state index contributed by atoms with van der Waals surface area (Å²) >= 11 is 0. The molecule has 0 saturated heterocycles. The SMILES string of the molecule is CCC(C)C(C)NCCC(O)COC. The first-order valence-electron chi connectivity index (χ1n) is 5.52. The van der Waals surface area contributed by atoms with Crippen molar-refractivity contribution in [2.24, 2.45) is 5.92 Å². The van der Waals surface area contributed by atoms with Gasteiger partial charge in [0, 0.05) is 13.2 Å². The molecule has 0 aliphatic rings. The lowest BCUT2D eigenvalue weighted by atomic mass is 10.0. The van der Waals surface area contributed by atoms with Gasteiger partial charge in [-0.3, -0.25) is 0 Å². The van der Waals surface area contributed by atoms with Crippen molar-refractivity contribution in [2.45, 2.75) is 45.8 Å². The minimum absolute atomic E-state index is 0.336. The van der Waals surface area contributed by atoms with Gasteiger partial charge in [0.25, 0.3) is 0 Å². The average Bonchev–Trinajstić information content (AvgIpc) is 2.16. The Balaban J connectivity index is 3.43. The van der Waals surface area contributed by atoms with Gasteiger partial charge in [0.1, 0.15) is 0 Å². The summed E-state index contributed by atoms with van der Waals surface area (Å²) in [6.07, 6.45) is 1.61. The molecule has 0 fully saturated rings. The van der Waals surface area contributed by atoms with Crippen LogP contribution in [0.2, 0.25) is 0 Å². The third-order valence-electron chi connectivity index (χ3n) is 2.80. The van der Waals surface area contributed by atoms with E-state index >= 15 is 0 Å². The fourth-order valence-electron chi connectivity index (χ4n) is 1.31. The highest BCUT2D eigenvalue weighted by atomic mass is 16.5. The molecule has 0 radical (unpaired) electrons. The van der Waals surface area contributed by atoms with Crippen molar-refractivity contribution >= 4 is 0 Å². The van der Waals surface area contributed by atoms with E-state index in [1.807, 2.05) is 0 Å². The Kier molecular flexibility index (Phi) is 8.14. The van der Waals surface area contributed by atoms with Gasteiger partial charge in [-0.15, -0.1) is 0 Å². The van der Waals surface area contributed by atoms with Gasteiger partial charge in [-0.2, -0.15) is 0 Å². The van der Waals surface area contributed by atoms with Crippen molar-refractivity contribution in [3.05, 3.63) is 0 Å². The topological polar surface area (TPSA) is 41.5 Å². The third kappa shape index (κ3) is 6.35. The molecule has 0 aromatic heterocycles. The maximum atomic E-state index is 9.39. The van der Waals surface area contributed by atoms with Crippen LogP contribution in [-0.4, -0.2) is 37.5 Å². The number of ether oxygens (including phenoxy) is 1. The standard InChI is InChI=1S/C11H25NO2/c1-5-9(2)10(3)12-7-6-11(13)8-14-4/h9-13H,5-8H2,1-4H3. The average molecular weight is 203 g/mol. The molecule has 0 bridgehead atoms. The Labute approximate surface area is 87.8 Å². The van der Waals surface area contributed by atoms with E-state index in [2.05, 4.69) is 26.1 Å². The molecule has 0 aromatic rings. The maximum Gasteiger partial charge on any atom is 0.0785 e. The molecule has 0 rings (SSSR count). The first-order valence-corrected chi connectivity index (χ1v) is 5.52. The van der Waals surface area contributed by atoms with Crippen LogP contribution in [0.3, 0.4) is 0 Å². The highest BCUT2D eigenvalue weighted by molar-refractivity contribution is 4.68. The van der Waals surface area contributed by atoms with E-state index in [4.69, 9.17) is 4.74 Å². The van der Waals surface area contributed by atoms with Crippen molar-refractivity contribution < 1.29 is 9.84 Å².